The van der Waals surface area contributed by atoms with Gasteiger partial charge in [-0.25, -0.2) is 4.39 Å². The van der Waals surface area contributed by atoms with Crippen LogP contribution in [-0.4, -0.2) is 11.6 Å². The number of pyridine rings is 1. The van der Waals surface area contributed by atoms with E-state index in [4.69, 9.17) is 4.74 Å². The van der Waals surface area contributed by atoms with Crippen LogP contribution >= 0.6 is 22.6 Å². The molecule has 1 saturated carbocycles. The molecule has 0 saturated heterocycles. The van der Waals surface area contributed by atoms with E-state index in [1.807, 2.05) is 22.6 Å². The first-order valence-corrected chi connectivity index (χ1v) is 6.87. The summed E-state index contributed by atoms with van der Waals surface area (Å²) in [5.74, 6) is 0.649. The van der Waals surface area contributed by atoms with Crippen molar-refractivity contribution >= 4 is 33.5 Å². The average molecular weight is 359 g/mol. The number of aromatic amines is 1. The molecular weight excluding hydrogens is 348 g/mol. The Labute approximate surface area is 116 Å². The molecule has 1 aromatic carbocycles. The molecule has 0 aliphatic heterocycles. The van der Waals surface area contributed by atoms with Crippen molar-refractivity contribution < 1.29 is 9.13 Å². The van der Waals surface area contributed by atoms with Gasteiger partial charge in [0.15, 0.2) is 0 Å². The minimum atomic E-state index is -0.511. The topological polar surface area (TPSA) is 42.1 Å². The lowest BCUT2D eigenvalue weighted by molar-refractivity contribution is 0.302. The third-order valence-electron chi connectivity index (χ3n) is 3.07. The van der Waals surface area contributed by atoms with E-state index >= 15 is 0 Å². The van der Waals surface area contributed by atoms with E-state index in [-0.39, 0.29) is 10.8 Å². The molecule has 1 heterocycles. The van der Waals surface area contributed by atoms with Gasteiger partial charge in [-0.1, -0.05) is 0 Å². The molecule has 1 aliphatic rings. The maximum atomic E-state index is 13.7. The molecule has 3 nitrogen and oxygen atoms in total. The highest BCUT2D eigenvalue weighted by molar-refractivity contribution is 14.1. The van der Waals surface area contributed by atoms with Crippen LogP contribution in [0.3, 0.4) is 0 Å². The first-order chi connectivity index (χ1) is 8.66. The van der Waals surface area contributed by atoms with Gasteiger partial charge >= 0.3 is 0 Å². The van der Waals surface area contributed by atoms with Crippen molar-refractivity contribution in [3.8, 4) is 5.75 Å². The van der Waals surface area contributed by atoms with Gasteiger partial charge in [0.1, 0.15) is 11.6 Å². The number of aromatic nitrogens is 1. The molecule has 0 amide bonds. The summed E-state index contributed by atoms with van der Waals surface area (Å²) < 4.78 is 19.9. The Bertz CT molecular complexity index is 664. The summed E-state index contributed by atoms with van der Waals surface area (Å²) in [7, 11) is 0. The molecule has 0 radical (unpaired) electrons. The molecule has 1 fully saturated rings. The molecule has 18 heavy (non-hydrogen) atoms. The van der Waals surface area contributed by atoms with Gasteiger partial charge in [-0.05, 0) is 53.5 Å². The quantitative estimate of drug-likeness (QED) is 0.856. The van der Waals surface area contributed by atoms with Crippen LogP contribution in [0.5, 0.6) is 5.75 Å². The monoisotopic (exact) mass is 359 g/mol. The fourth-order valence-electron chi connectivity index (χ4n) is 1.86. The Morgan fingerprint density at radius 3 is 2.94 bits per heavy atom. The zero-order valence-electron chi connectivity index (χ0n) is 9.50. The fraction of sp³-hybridized carbons (Fsp3) is 0.308. The van der Waals surface area contributed by atoms with Crippen LogP contribution in [0.4, 0.5) is 4.39 Å². The Kier molecular flexibility index (Phi) is 3.01. The largest absolute Gasteiger partial charge is 0.491 e. The predicted molar refractivity (Wildman–Crippen MR) is 75.5 cm³/mol. The van der Waals surface area contributed by atoms with Crippen molar-refractivity contribution in [2.45, 2.75) is 12.8 Å². The van der Waals surface area contributed by atoms with Crippen molar-refractivity contribution in [1.29, 1.82) is 0 Å². The highest BCUT2D eigenvalue weighted by Gasteiger charge is 2.22. The Morgan fingerprint density at radius 1 is 1.44 bits per heavy atom. The van der Waals surface area contributed by atoms with Crippen LogP contribution in [-0.2, 0) is 0 Å². The predicted octanol–water partition coefficient (Wildman–Crippen LogP) is 3.06. The molecule has 0 atom stereocenters. The molecule has 1 aromatic heterocycles. The van der Waals surface area contributed by atoms with E-state index in [1.54, 1.807) is 12.3 Å². The minimum Gasteiger partial charge on any atom is -0.491 e. The van der Waals surface area contributed by atoms with E-state index in [0.717, 1.165) is 0 Å². The van der Waals surface area contributed by atoms with Gasteiger partial charge in [0.25, 0.3) is 0 Å². The number of fused-ring (bicyclic) bond motifs is 1. The summed E-state index contributed by atoms with van der Waals surface area (Å²) in [5.41, 5.74) is 0.153. The number of hydrogen-bond acceptors (Lipinski definition) is 2. The Morgan fingerprint density at radius 2 is 2.22 bits per heavy atom. The summed E-state index contributed by atoms with van der Waals surface area (Å²) >= 11 is 1.89. The first-order valence-electron chi connectivity index (χ1n) is 5.79. The first kappa shape index (κ1) is 12.0. The van der Waals surface area contributed by atoms with Crippen molar-refractivity contribution in [3.05, 3.63) is 37.9 Å². The standard InChI is InChI=1S/C13H11FINO2/c14-8-3-4-10(18-6-7-1-2-7)12-11(8)13(17)9(15)5-16-12/h3-5,7H,1-2,6H2,(H,16,17). The van der Waals surface area contributed by atoms with Gasteiger partial charge in [0.2, 0.25) is 5.43 Å². The molecule has 5 heteroatoms. The molecule has 2 aromatic rings. The second kappa shape index (κ2) is 4.53. The molecular formula is C13H11FINO2. The molecule has 0 spiro atoms. The smallest absolute Gasteiger partial charge is 0.205 e. The minimum absolute atomic E-state index is 0.0789. The number of ether oxygens (including phenoxy) is 1. The second-order valence-electron chi connectivity index (χ2n) is 4.52. The van der Waals surface area contributed by atoms with Crippen molar-refractivity contribution in [2.75, 3.05) is 6.61 Å². The number of H-pyrrole nitrogens is 1. The Balaban J connectivity index is 2.12. The summed E-state index contributed by atoms with van der Waals surface area (Å²) in [6.07, 6.45) is 3.95. The van der Waals surface area contributed by atoms with E-state index in [2.05, 4.69) is 4.98 Å². The highest BCUT2D eigenvalue weighted by Crippen LogP contribution is 2.31. The maximum Gasteiger partial charge on any atom is 0.205 e. The number of hydrogen-bond donors (Lipinski definition) is 1. The van der Waals surface area contributed by atoms with Crippen LogP contribution in [0.15, 0.2) is 23.1 Å². The number of rotatable bonds is 3. The lowest BCUT2D eigenvalue weighted by Gasteiger charge is -2.09. The van der Waals surface area contributed by atoms with Crippen molar-refractivity contribution in [3.63, 3.8) is 0 Å². The van der Waals surface area contributed by atoms with Crippen LogP contribution in [0, 0.1) is 15.3 Å². The van der Waals surface area contributed by atoms with E-state index in [1.165, 1.54) is 18.9 Å². The van der Waals surface area contributed by atoms with Gasteiger partial charge in [-0.3, -0.25) is 4.79 Å². The molecule has 0 unspecified atom stereocenters. The number of benzene rings is 1. The molecule has 1 N–H and O–H groups in total. The van der Waals surface area contributed by atoms with Crippen LogP contribution in [0.1, 0.15) is 12.8 Å². The van der Waals surface area contributed by atoms with Gasteiger partial charge < -0.3 is 9.72 Å². The summed E-state index contributed by atoms with van der Waals surface area (Å²) in [6.45, 7) is 0.634. The van der Waals surface area contributed by atoms with E-state index in [0.29, 0.717) is 27.4 Å². The molecule has 0 bridgehead atoms. The second-order valence-corrected chi connectivity index (χ2v) is 5.68. The zero-order valence-corrected chi connectivity index (χ0v) is 11.7. The summed E-state index contributed by atoms with van der Waals surface area (Å²) in [5, 5.41) is 0.0789. The van der Waals surface area contributed by atoms with E-state index in [9.17, 15) is 9.18 Å². The van der Waals surface area contributed by atoms with Crippen LogP contribution in [0.25, 0.3) is 10.9 Å². The molecule has 94 valence electrons. The maximum absolute atomic E-state index is 13.7. The average Bonchev–Trinajstić information content (AvgIpc) is 3.16. The van der Waals surface area contributed by atoms with Crippen LogP contribution in [0.2, 0.25) is 0 Å². The lowest BCUT2D eigenvalue weighted by Crippen LogP contribution is -2.10. The van der Waals surface area contributed by atoms with Crippen molar-refractivity contribution in [1.82, 2.24) is 4.98 Å². The third kappa shape index (κ3) is 2.11. The zero-order chi connectivity index (χ0) is 12.7. The van der Waals surface area contributed by atoms with Crippen molar-refractivity contribution in [2.24, 2.45) is 5.92 Å². The lowest BCUT2D eigenvalue weighted by atomic mass is 10.2. The van der Waals surface area contributed by atoms with E-state index < -0.39 is 5.82 Å². The third-order valence-corrected chi connectivity index (χ3v) is 3.88. The fourth-order valence-corrected chi connectivity index (χ4v) is 2.28. The van der Waals surface area contributed by atoms with Gasteiger partial charge in [-0.15, -0.1) is 0 Å². The molecule has 3 rings (SSSR count). The normalized spacial score (nSPS) is 15.0. The summed E-state index contributed by atoms with van der Waals surface area (Å²) in [4.78, 5) is 14.9. The highest BCUT2D eigenvalue weighted by atomic mass is 127. The summed E-state index contributed by atoms with van der Waals surface area (Å²) in [6, 6.07) is 2.86. The SMILES string of the molecule is O=c1c(I)c[nH]c2c(OCC3CC3)ccc(F)c12. The van der Waals surface area contributed by atoms with Gasteiger partial charge in [-0.2, -0.15) is 0 Å². The Hall–Kier alpha value is -1.11. The number of halogens is 2. The molecule has 1 aliphatic carbocycles. The van der Waals surface area contributed by atoms with Gasteiger partial charge in [0, 0.05) is 6.20 Å². The van der Waals surface area contributed by atoms with Gasteiger partial charge in [0.05, 0.1) is 21.1 Å². The number of nitrogens with one attached hydrogen (secondary N) is 1. The van der Waals surface area contributed by atoms with Crippen LogP contribution < -0.4 is 10.2 Å².